The Morgan fingerprint density at radius 2 is 0.681 bits per heavy atom. The van der Waals surface area contributed by atoms with Gasteiger partial charge in [0.15, 0.2) is 0 Å². The van der Waals surface area contributed by atoms with Crippen LogP contribution in [0.1, 0.15) is 0 Å². The van der Waals surface area contributed by atoms with Crippen molar-refractivity contribution in [3.63, 3.8) is 0 Å². The Morgan fingerprint density at radius 3 is 1.30 bits per heavy atom. The molecule has 0 bridgehead atoms. The van der Waals surface area contributed by atoms with Crippen LogP contribution < -0.4 is 0 Å². The van der Waals surface area contributed by atoms with Gasteiger partial charge in [-0.05, 0) is 90.0 Å². The van der Waals surface area contributed by atoms with Crippen LogP contribution in [0.4, 0.5) is 0 Å². The highest BCUT2D eigenvalue weighted by molar-refractivity contribution is 6.22. The van der Waals surface area contributed by atoms with Gasteiger partial charge in [0.2, 0.25) is 0 Å². The van der Waals surface area contributed by atoms with Gasteiger partial charge in [-0.15, -0.1) is 0 Å². The molecule has 9 aromatic carbocycles. The standard InChI is InChI=1S/C46H28O/c1-2-11-31(12-3-1)43-37-14-6-8-16-39(37)44(40-17-9-7-15-38(40)43)32-20-18-29(19-21-32)33-23-25-36-34(28-33)24-27-42-41-26-22-30-10-4-5-13-35(30)45(41)47-46(36)42/h1-28H. The lowest BCUT2D eigenvalue weighted by Gasteiger charge is -2.18. The topological polar surface area (TPSA) is 13.1 Å². The van der Waals surface area contributed by atoms with Crippen LogP contribution in [0.2, 0.25) is 0 Å². The summed E-state index contributed by atoms with van der Waals surface area (Å²) in [6, 6.07) is 61.5. The molecule has 0 saturated heterocycles. The first kappa shape index (κ1) is 26.1. The molecule has 10 rings (SSSR count). The molecule has 0 aliphatic carbocycles. The summed E-state index contributed by atoms with van der Waals surface area (Å²) in [5.41, 5.74) is 9.33. The van der Waals surface area contributed by atoms with Gasteiger partial charge in [0.1, 0.15) is 11.2 Å². The van der Waals surface area contributed by atoms with Gasteiger partial charge in [-0.2, -0.15) is 0 Å². The lowest BCUT2D eigenvalue weighted by atomic mass is 9.85. The van der Waals surface area contributed by atoms with E-state index >= 15 is 0 Å². The van der Waals surface area contributed by atoms with E-state index in [1.165, 1.54) is 65.7 Å². The number of fused-ring (bicyclic) bond motifs is 9. The SMILES string of the molecule is c1ccc(-c2c3ccccc3c(-c3ccc(-c4ccc5c(ccc6c7ccc8ccccc8c7oc56)c4)cc3)c3ccccc23)cc1. The molecule has 47 heavy (non-hydrogen) atoms. The molecule has 10 aromatic rings. The summed E-state index contributed by atoms with van der Waals surface area (Å²) in [7, 11) is 0. The minimum atomic E-state index is 0.952. The Hall–Kier alpha value is -6.18. The lowest BCUT2D eigenvalue weighted by Crippen LogP contribution is -1.90. The van der Waals surface area contributed by atoms with Gasteiger partial charge in [-0.3, -0.25) is 0 Å². The zero-order valence-electron chi connectivity index (χ0n) is 25.6. The van der Waals surface area contributed by atoms with E-state index in [9.17, 15) is 0 Å². The molecule has 0 radical (unpaired) electrons. The van der Waals surface area contributed by atoms with E-state index in [0.717, 1.165) is 32.7 Å². The number of hydrogen-bond donors (Lipinski definition) is 0. The largest absolute Gasteiger partial charge is 0.455 e. The van der Waals surface area contributed by atoms with Crippen molar-refractivity contribution < 1.29 is 4.42 Å². The number of furan rings is 1. The zero-order valence-corrected chi connectivity index (χ0v) is 25.6. The van der Waals surface area contributed by atoms with E-state index in [1.54, 1.807) is 0 Å². The zero-order chi connectivity index (χ0) is 30.9. The average molecular weight is 597 g/mol. The minimum Gasteiger partial charge on any atom is -0.455 e. The normalized spacial score (nSPS) is 11.8. The highest BCUT2D eigenvalue weighted by atomic mass is 16.3. The molecular weight excluding hydrogens is 569 g/mol. The van der Waals surface area contributed by atoms with Gasteiger partial charge in [0.05, 0.1) is 0 Å². The van der Waals surface area contributed by atoms with Crippen LogP contribution in [0.5, 0.6) is 0 Å². The summed E-state index contributed by atoms with van der Waals surface area (Å²) >= 11 is 0. The summed E-state index contributed by atoms with van der Waals surface area (Å²) < 4.78 is 6.60. The molecule has 0 unspecified atom stereocenters. The van der Waals surface area contributed by atoms with E-state index in [-0.39, 0.29) is 0 Å². The van der Waals surface area contributed by atoms with Gasteiger partial charge in [-0.1, -0.05) is 146 Å². The fourth-order valence-corrected chi connectivity index (χ4v) is 7.65. The highest BCUT2D eigenvalue weighted by Gasteiger charge is 2.17. The van der Waals surface area contributed by atoms with Crippen molar-refractivity contribution in [1.29, 1.82) is 0 Å². The van der Waals surface area contributed by atoms with Crippen molar-refractivity contribution in [2.45, 2.75) is 0 Å². The van der Waals surface area contributed by atoms with E-state index in [0.29, 0.717) is 0 Å². The van der Waals surface area contributed by atoms with Crippen LogP contribution in [0, 0.1) is 0 Å². The third-order valence-corrected chi connectivity index (χ3v) is 9.85. The molecule has 0 aliphatic heterocycles. The molecule has 0 atom stereocenters. The van der Waals surface area contributed by atoms with Crippen LogP contribution in [0.3, 0.4) is 0 Å². The van der Waals surface area contributed by atoms with Crippen LogP contribution in [-0.2, 0) is 0 Å². The second-order valence-corrected chi connectivity index (χ2v) is 12.4. The van der Waals surface area contributed by atoms with Crippen molar-refractivity contribution >= 4 is 65.0 Å². The first-order chi connectivity index (χ1) is 23.3. The molecule has 0 fully saturated rings. The van der Waals surface area contributed by atoms with Crippen LogP contribution >= 0.6 is 0 Å². The smallest absolute Gasteiger partial charge is 0.143 e. The lowest BCUT2D eigenvalue weighted by molar-refractivity contribution is 0.676. The average Bonchev–Trinajstić information content (AvgIpc) is 3.54. The molecule has 0 spiro atoms. The molecule has 1 aromatic heterocycles. The second kappa shape index (κ2) is 10.2. The minimum absolute atomic E-state index is 0.952. The van der Waals surface area contributed by atoms with Crippen molar-refractivity contribution in [3.8, 4) is 33.4 Å². The molecule has 1 heteroatoms. The van der Waals surface area contributed by atoms with Gasteiger partial charge in [0.25, 0.3) is 0 Å². The molecule has 1 nitrogen and oxygen atoms in total. The highest BCUT2D eigenvalue weighted by Crippen LogP contribution is 2.44. The predicted octanol–water partition coefficient (Wildman–Crippen LogP) is 13.2. The molecular formula is C46H28O. The Morgan fingerprint density at radius 1 is 0.255 bits per heavy atom. The quantitative estimate of drug-likeness (QED) is 0.185. The second-order valence-electron chi connectivity index (χ2n) is 12.4. The summed E-state index contributed by atoms with van der Waals surface area (Å²) in [5.74, 6) is 0. The van der Waals surface area contributed by atoms with Crippen molar-refractivity contribution in [2.75, 3.05) is 0 Å². The molecule has 1 heterocycles. The van der Waals surface area contributed by atoms with Crippen LogP contribution in [-0.4, -0.2) is 0 Å². The monoisotopic (exact) mass is 596 g/mol. The molecule has 0 aliphatic rings. The van der Waals surface area contributed by atoms with Crippen molar-refractivity contribution in [3.05, 3.63) is 170 Å². The summed E-state index contributed by atoms with van der Waals surface area (Å²) in [6.07, 6.45) is 0. The molecule has 218 valence electrons. The summed E-state index contributed by atoms with van der Waals surface area (Å²) in [5, 5.41) is 12.1. The molecule has 0 N–H and O–H groups in total. The number of benzene rings is 9. The van der Waals surface area contributed by atoms with E-state index in [2.05, 4.69) is 170 Å². The maximum atomic E-state index is 6.60. The predicted molar refractivity (Wildman–Crippen MR) is 200 cm³/mol. The van der Waals surface area contributed by atoms with Crippen LogP contribution in [0.25, 0.3) is 98.4 Å². The maximum Gasteiger partial charge on any atom is 0.143 e. The first-order valence-electron chi connectivity index (χ1n) is 16.2. The van der Waals surface area contributed by atoms with Crippen molar-refractivity contribution in [2.24, 2.45) is 0 Å². The fraction of sp³-hybridized carbons (Fsp3) is 0. The van der Waals surface area contributed by atoms with Crippen molar-refractivity contribution in [1.82, 2.24) is 0 Å². The fourth-order valence-electron chi connectivity index (χ4n) is 7.65. The van der Waals surface area contributed by atoms with Gasteiger partial charge >= 0.3 is 0 Å². The third kappa shape index (κ3) is 3.97. The first-order valence-corrected chi connectivity index (χ1v) is 16.2. The summed E-state index contributed by atoms with van der Waals surface area (Å²) in [6.45, 7) is 0. The van der Waals surface area contributed by atoms with Gasteiger partial charge < -0.3 is 4.42 Å². The molecule has 0 saturated carbocycles. The third-order valence-electron chi connectivity index (χ3n) is 9.85. The van der Waals surface area contributed by atoms with Crippen LogP contribution in [0.15, 0.2) is 174 Å². The number of rotatable bonds is 3. The Balaban J connectivity index is 1.10. The molecule has 0 amide bonds. The van der Waals surface area contributed by atoms with E-state index < -0.39 is 0 Å². The van der Waals surface area contributed by atoms with E-state index in [4.69, 9.17) is 4.42 Å². The summed E-state index contributed by atoms with van der Waals surface area (Å²) in [4.78, 5) is 0. The number of hydrogen-bond acceptors (Lipinski definition) is 1. The van der Waals surface area contributed by atoms with Gasteiger partial charge in [-0.25, -0.2) is 0 Å². The Labute approximate surface area is 271 Å². The van der Waals surface area contributed by atoms with E-state index in [1.807, 2.05) is 0 Å². The Kier molecular flexibility index (Phi) is 5.64. The van der Waals surface area contributed by atoms with Gasteiger partial charge in [0, 0.05) is 21.5 Å². The Bertz CT molecular complexity index is 2760. The maximum absolute atomic E-state index is 6.60.